The second-order valence-corrected chi connectivity index (χ2v) is 5.03. The van der Waals surface area contributed by atoms with Gasteiger partial charge < -0.3 is 0 Å². The van der Waals surface area contributed by atoms with Crippen LogP contribution >= 0.6 is 0 Å². The second kappa shape index (κ2) is 3.76. The summed E-state index contributed by atoms with van der Waals surface area (Å²) in [5, 5.41) is 0. The topological polar surface area (TPSA) is 0 Å². The van der Waals surface area contributed by atoms with Gasteiger partial charge in [0.25, 0.3) is 0 Å². The van der Waals surface area contributed by atoms with Crippen molar-refractivity contribution in [3.63, 3.8) is 0 Å². The molecule has 2 unspecified atom stereocenters. The van der Waals surface area contributed by atoms with E-state index in [4.69, 9.17) is 0 Å². The lowest BCUT2D eigenvalue weighted by molar-refractivity contribution is 0.457. The van der Waals surface area contributed by atoms with E-state index < -0.39 is 0 Å². The molecule has 0 saturated heterocycles. The molecule has 0 aliphatic heterocycles. The first-order valence-electron chi connectivity index (χ1n) is 5.73. The number of benzene rings is 1. The lowest BCUT2D eigenvalue weighted by atomic mass is 9.96. The fourth-order valence-electron chi connectivity index (χ4n) is 2.57. The molecule has 14 heavy (non-hydrogen) atoms. The van der Waals surface area contributed by atoms with Crippen LogP contribution in [0.4, 0.5) is 0 Å². The Morgan fingerprint density at radius 1 is 0.929 bits per heavy atom. The molecule has 1 aromatic rings. The minimum absolute atomic E-state index is 0.820. The molecule has 0 aromatic heterocycles. The molecule has 0 spiro atoms. The minimum Gasteiger partial charge on any atom is -0.0622 e. The van der Waals surface area contributed by atoms with Gasteiger partial charge in [0, 0.05) is 0 Å². The highest BCUT2D eigenvalue weighted by Crippen LogP contribution is 2.41. The van der Waals surface area contributed by atoms with E-state index in [0.29, 0.717) is 0 Å². The first-order chi connectivity index (χ1) is 6.66. The van der Waals surface area contributed by atoms with Crippen LogP contribution in [0, 0.1) is 18.8 Å². The SMILES string of the molecule is Cc1ccc(C2CC(C)C(C)C2)cc1. The molecular weight excluding hydrogens is 168 g/mol. The third-order valence-corrected chi connectivity index (χ3v) is 3.83. The van der Waals surface area contributed by atoms with Gasteiger partial charge in [-0.05, 0) is 43.1 Å². The zero-order valence-electron chi connectivity index (χ0n) is 9.46. The van der Waals surface area contributed by atoms with E-state index in [2.05, 4.69) is 45.0 Å². The van der Waals surface area contributed by atoms with Crippen molar-refractivity contribution in [1.29, 1.82) is 0 Å². The smallest absolute Gasteiger partial charge is 0.0157 e. The highest BCUT2D eigenvalue weighted by molar-refractivity contribution is 5.25. The molecule has 1 fully saturated rings. The Balaban J connectivity index is 2.13. The molecule has 0 heteroatoms. The summed E-state index contributed by atoms with van der Waals surface area (Å²) in [6.45, 7) is 6.93. The van der Waals surface area contributed by atoms with Crippen LogP contribution < -0.4 is 0 Å². The predicted octanol–water partition coefficient (Wildman–Crippen LogP) is 4.14. The fourth-order valence-corrected chi connectivity index (χ4v) is 2.57. The van der Waals surface area contributed by atoms with Crippen LogP contribution in [-0.2, 0) is 0 Å². The van der Waals surface area contributed by atoms with E-state index in [1.165, 1.54) is 18.4 Å². The molecule has 1 aliphatic carbocycles. The molecule has 2 atom stereocenters. The van der Waals surface area contributed by atoms with Gasteiger partial charge in [0.05, 0.1) is 0 Å². The van der Waals surface area contributed by atoms with Crippen molar-refractivity contribution >= 4 is 0 Å². The molecule has 0 nitrogen and oxygen atoms in total. The van der Waals surface area contributed by atoms with Gasteiger partial charge in [-0.3, -0.25) is 0 Å². The van der Waals surface area contributed by atoms with Crippen molar-refractivity contribution in [3.05, 3.63) is 35.4 Å². The Labute approximate surface area is 87.3 Å². The third-order valence-electron chi connectivity index (χ3n) is 3.83. The minimum atomic E-state index is 0.820. The Bertz CT molecular complexity index is 286. The quantitative estimate of drug-likeness (QED) is 0.621. The van der Waals surface area contributed by atoms with Gasteiger partial charge in [0.2, 0.25) is 0 Å². The van der Waals surface area contributed by atoms with E-state index in [9.17, 15) is 0 Å². The van der Waals surface area contributed by atoms with Crippen molar-refractivity contribution in [2.24, 2.45) is 11.8 Å². The van der Waals surface area contributed by atoms with Crippen molar-refractivity contribution < 1.29 is 0 Å². The standard InChI is InChI=1S/C14H20/c1-10-4-6-13(7-5-10)14-8-11(2)12(3)9-14/h4-7,11-12,14H,8-9H2,1-3H3. The molecule has 76 valence electrons. The molecule has 2 rings (SSSR count). The lowest BCUT2D eigenvalue weighted by Crippen LogP contribution is -1.95. The van der Waals surface area contributed by atoms with Crippen LogP contribution in [0.1, 0.15) is 43.7 Å². The van der Waals surface area contributed by atoms with Gasteiger partial charge in [-0.2, -0.15) is 0 Å². The first-order valence-corrected chi connectivity index (χ1v) is 5.73. The van der Waals surface area contributed by atoms with Crippen molar-refractivity contribution in [2.45, 2.75) is 39.5 Å². The van der Waals surface area contributed by atoms with Gasteiger partial charge >= 0.3 is 0 Å². The van der Waals surface area contributed by atoms with Crippen molar-refractivity contribution in [2.75, 3.05) is 0 Å². The zero-order valence-corrected chi connectivity index (χ0v) is 9.46. The maximum atomic E-state index is 2.39. The molecule has 1 aromatic carbocycles. The van der Waals surface area contributed by atoms with E-state index in [0.717, 1.165) is 17.8 Å². The molecule has 0 heterocycles. The largest absolute Gasteiger partial charge is 0.0622 e. The summed E-state index contributed by atoms with van der Waals surface area (Å²) in [6, 6.07) is 9.10. The number of rotatable bonds is 1. The van der Waals surface area contributed by atoms with Gasteiger partial charge in [-0.1, -0.05) is 43.7 Å². The highest BCUT2D eigenvalue weighted by atomic mass is 14.3. The first kappa shape index (κ1) is 9.76. The van der Waals surface area contributed by atoms with Crippen LogP contribution in [-0.4, -0.2) is 0 Å². The molecule has 0 amide bonds. The number of hydrogen-bond donors (Lipinski definition) is 0. The van der Waals surface area contributed by atoms with Crippen LogP contribution in [0.3, 0.4) is 0 Å². The maximum absolute atomic E-state index is 2.39. The van der Waals surface area contributed by atoms with Crippen LogP contribution in [0.15, 0.2) is 24.3 Å². The fraction of sp³-hybridized carbons (Fsp3) is 0.571. The summed E-state index contributed by atoms with van der Waals surface area (Å²) in [4.78, 5) is 0. The molecule has 0 radical (unpaired) electrons. The summed E-state index contributed by atoms with van der Waals surface area (Å²) in [7, 11) is 0. The van der Waals surface area contributed by atoms with Gasteiger partial charge in [-0.25, -0.2) is 0 Å². The highest BCUT2D eigenvalue weighted by Gasteiger charge is 2.28. The Kier molecular flexibility index (Phi) is 2.62. The monoisotopic (exact) mass is 188 g/mol. The number of aryl methyl sites for hydroxylation is 1. The Hall–Kier alpha value is -0.780. The third kappa shape index (κ3) is 1.84. The van der Waals surface area contributed by atoms with E-state index in [1.54, 1.807) is 5.56 Å². The summed E-state index contributed by atoms with van der Waals surface area (Å²) in [6.07, 6.45) is 2.76. The molecule has 0 N–H and O–H groups in total. The van der Waals surface area contributed by atoms with E-state index in [-0.39, 0.29) is 0 Å². The predicted molar refractivity (Wildman–Crippen MR) is 61.5 cm³/mol. The van der Waals surface area contributed by atoms with Gasteiger partial charge in [0.15, 0.2) is 0 Å². The Morgan fingerprint density at radius 2 is 1.43 bits per heavy atom. The van der Waals surface area contributed by atoms with Crippen molar-refractivity contribution in [3.8, 4) is 0 Å². The maximum Gasteiger partial charge on any atom is -0.0157 e. The lowest BCUT2D eigenvalue weighted by Gasteiger charge is -2.09. The average molecular weight is 188 g/mol. The summed E-state index contributed by atoms with van der Waals surface area (Å²) >= 11 is 0. The van der Waals surface area contributed by atoms with Gasteiger partial charge in [0.1, 0.15) is 0 Å². The van der Waals surface area contributed by atoms with Crippen LogP contribution in [0.2, 0.25) is 0 Å². The van der Waals surface area contributed by atoms with E-state index in [1.807, 2.05) is 0 Å². The number of hydrogen-bond acceptors (Lipinski definition) is 0. The molecule has 0 bridgehead atoms. The summed E-state index contributed by atoms with van der Waals surface area (Å²) in [5.74, 6) is 2.63. The second-order valence-electron chi connectivity index (χ2n) is 5.03. The molecule has 1 saturated carbocycles. The average Bonchev–Trinajstić information content (AvgIpc) is 2.48. The Morgan fingerprint density at radius 3 is 1.93 bits per heavy atom. The van der Waals surface area contributed by atoms with Crippen LogP contribution in [0.25, 0.3) is 0 Å². The summed E-state index contributed by atoms with van der Waals surface area (Å²) < 4.78 is 0. The molecule has 1 aliphatic rings. The summed E-state index contributed by atoms with van der Waals surface area (Å²) in [5.41, 5.74) is 2.92. The van der Waals surface area contributed by atoms with Gasteiger partial charge in [-0.15, -0.1) is 0 Å². The zero-order chi connectivity index (χ0) is 10.1. The molecular formula is C14H20. The van der Waals surface area contributed by atoms with E-state index >= 15 is 0 Å². The normalized spacial score (nSPS) is 32.1. The van der Waals surface area contributed by atoms with Crippen molar-refractivity contribution in [1.82, 2.24) is 0 Å². The van der Waals surface area contributed by atoms with Crippen LogP contribution in [0.5, 0.6) is 0 Å².